The van der Waals surface area contributed by atoms with Crippen molar-refractivity contribution in [2.75, 3.05) is 0 Å². The van der Waals surface area contributed by atoms with Gasteiger partial charge in [-0.15, -0.1) is 0 Å². The number of hydrogen-bond donors (Lipinski definition) is 2. The molecule has 0 spiro atoms. The van der Waals surface area contributed by atoms with E-state index < -0.39 is 4.92 Å². The molecule has 0 aliphatic carbocycles. The number of benzene rings is 2. The molecule has 0 radical (unpaired) electrons. The van der Waals surface area contributed by atoms with Gasteiger partial charge in [0.25, 0.3) is 5.69 Å². The third-order valence-corrected chi connectivity index (χ3v) is 2.67. The fraction of sp³-hybridized carbons (Fsp3) is 0.0714. The SMILES string of the molecule is N=C(N)c1cccc(OCc2cccc([N+](=O)[O-])c2)c1. The third kappa shape index (κ3) is 3.32. The molecule has 3 N–H and O–H groups in total. The molecule has 0 atom stereocenters. The van der Waals surface area contributed by atoms with Crippen LogP contribution in [0.5, 0.6) is 5.75 Å². The van der Waals surface area contributed by atoms with Gasteiger partial charge in [-0.1, -0.05) is 24.3 Å². The minimum atomic E-state index is -0.445. The lowest BCUT2D eigenvalue weighted by molar-refractivity contribution is -0.384. The number of amidine groups is 1. The quantitative estimate of drug-likeness (QED) is 0.377. The largest absolute Gasteiger partial charge is 0.489 e. The summed E-state index contributed by atoms with van der Waals surface area (Å²) in [5.41, 5.74) is 6.70. The van der Waals surface area contributed by atoms with Crippen molar-refractivity contribution in [2.24, 2.45) is 5.73 Å². The smallest absolute Gasteiger partial charge is 0.269 e. The summed E-state index contributed by atoms with van der Waals surface area (Å²) < 4.78 is 5.54. The maximum atomic E-state index is 10.7. The van der Waals surface area contributed by atoms with E-state index in [9.17, 15) is 10.1 Å². The number of nitrogens with one attached hydrogen (secondary N) is 1. The molecule has 0 unspecified atom stereocenters. The highest BCUT2D eigenvalue weighted by molar-refractivity contribution is 5.95. The molecule has 0 bridgehead atoms. The predicted octanol–water partition coefficient (Wildman–Crippen LogP) is 2.46. The van der Waals surface area contributed by atoms with Crippen LogP contribution in [0.1, 0.15) is 11.1 Å². The first kappa shape index (κ1) is 13.5. The molecular weight excluding hydrogens is 258 g/mol. The monoisotopic (exact) mass is 271 g/mol. The zero-order valence-corrected chi connectivity index (χ0v) is 10.6. The molecule has 2 aromatic carbocycles. The summed E-state index contributed by atoms with van der Waals surface area (Å²) in [5.74, 6) is 0.523. The van der Waals surface area contributed by atoms with Crippen LogP contribution in [0.4, 0.5) is 5.69 Å². The van der Waals surface area contributed by atoms with E-state index in [4.69, 9.17) is 15.9 Å². The van der Waals surface area contributed by atoms with Crippen molar-refractivity contribution in [3.8, 4) is 5.75 Å². The van der Waals surface area contributed by atoms with Crippen LogP contribution >= 0.6 is 0 Å². The number of nitrogens with zero attached hydrogens (tertiary/aromatic N) is 1. The first-order valence-electron chi connectivity index (χ1n) is 5.87. The van der Waals surface area contributed by atoms with Gasteiger partial charge in [-0.05, 0) is 17.7 Å². The van der Waals surface area contributed by atoms with Crippen LogP contribution in [-0.2, 0) is 6.61 Å². The Labute approximate surface area is 115 Å². The number of ether oxygens (including phenoxy) is 1. The van der Waals surface area contributed by atoms with Crippen LogP contribution in [-0.4, -0.2) is 10.8 Å². The van der Waals surface area contributed by atoms with Gasteiger partial charge in [0, 0.05) is 17.7 Å². The van der Waals surface area contributed by atoms with Gasteiger partial charge in [-0.25, -0.2) is 0 Å². The number of nitro groups is 1. The Morgan fingerprint density at radius 1 is 1.25 bits per heavy atom. The summed E-state index contributed by atoms with van der Waals surface area (Å²) >= 11 is 0. The molecule has 20 heavy (non-hydrogen) atoms. The average molecular weight is 271 g/mol. The van der Waals surface area contributed by atoms with E-state index in [1.807, 2.05) is 0 Å². The molecule has 102 valence electrons. The summed E-state index contributed by atoms with van der Waals surface area (Å²) in [6.45, 7) is 0.211. The minimum absolute atomic E-state index is 0.0311. The maximum absolute atomic E-state index is 10.7. The molecule has 0 aliphatic rings. The van der Waals surface area contributed by atoms with Crippen molar-refractivity contribution in [3.63, 3.8) is 0 Å². The van der Waals surface area contributed by atoms with E-state index in [1.54, 1.807) is 36.4 Å². The number of rotatable bonds is 5. The molecule has 0 saturated carbocycles. The molecule has 0 amide bonds. The van der Waals surface area contributed by atoms with Crippen LogP contribution in [0, 0.1) is 15.5 Å². The normalized spacial score (nSPS) is 10.0. The molecule has 0 aromatic heterocycles. The summed E-state index contributed by atoms with van der Waals surface area (Å²) in [7, 11) is 0. The van der Waals surface area contributed by atoms with Crippen molar-refractivity contribution >= 4 is 11.5 Å². The van der Waals surface area contributed by atoms with E-state index in [2.05, 4.69) is 0 Å². The van der Waals surface area contributed by atoms with Gasteiger partial charge in [0.2, 0.25) is 0 Å². The van der Waals surface area contributed by atoms with Crippen molar-refractivity contribution in [1.29, 1.82) is 5.41 Å². The van der Waals surface area contributed by atoms with Crippen molar-refractivity contribution in [3.05, 3.63) is 69.8 Å². The van der Waals surface area contributed by atoms with Gasteiger partial charge < -0.3 is 10.5 Å². The summed E-state index contributed by atoms with van der Waals surface area (Å²) in [4.78, 5) is 10.2. The van der Waals surface area contributed by atoms with Crippen LogP contribution < -0.4 is 10.5 Å². The highest BCUT2D eigenvalue weighted by atomic mass is 16.6. The molecule has 0 fully saturated rings. The number of non-ortho nitro benzene ring substituents is 1. The Bertz CT molecular complexity index is 598. The second-order valence-corrected chi connectivity index (χ2v) is 4.16. The van der Waals surface area contributed by atoms with Crippen LogP contribution in [0.25, 0.3) is 0 Å². The Balaban J connectivity index is 2.08. The molecule has 6 nitrogen and oxygen atoms in total. The van der Waals surface area contributed by atoms with Crippen LogP contribution in [0.15, 0.2) is 48.5 Å². The highest BCUT2D eigenvalue weighted by Gasteiger charge is 2.06. The van der Waals surface area contributed by atoms with Gasteiger partial charge in [0.1, 0.15) is 18.2 Å². The Kier molecular flexibility index (Phi) is 3.95. The minimum Gasteiger partial charge on any atom is -0.489 e. The second-order valence-electron chi connectivity index (χ2n) is 4.16. The highest BCUT2D eigenvalue weighted by Crippen LogP contribution is 2.17. The Morgan fingerprint density at radius 3 is 2.70 bits per heavy atom. The molecule has 6 heteroatoms. The zero-order valence-electron chi connectivity index (χ0n) is 10.6. The molecule has 2 rings (SSSR count). The number of nitro benzene ring substituents is 1. The van der Waals surface area contributed by atoms with Crippen molar-refractivity contribution in [1.82, 2.24) is 0 Å². The fourth-order valence-electron chi connectivity index (χ4n) is 1.68. The van der Waals surface area contributed by atoms with E-state index in [-0.39, 0.29) is 18.1 Å². The van der Waals surface area contributed by atoms with Gasteiger partial charge in [-0.2, -0.15) is 0 Å². The number of hydrogen-bond acceptors (Lipinski definition) is 4. The zero-order chi connectivity index (χ0) is 14.5. The van der Waals surface area contributed by atoms with Crippen LogP contribution in [0.2, 0.25) is 0 Å². The van der Waals surface area contributed by atoms with E-state index >= 15 is 0 Å². The lowest BCUT2D eigenvalue weighted by Gasteiger charge is -2.07. The first-order valence-corrected chi connectivity index (χ1v) is 5.87. The summed E-state index contributed by atoms with van der Waals surface area (Å²) in [6, 6.07) is 13.1. The molecule has 0 heterocycles. The van der Waals surface area contributed by atoms with E-state index in [1.165, 1.54) is 12.1 Å². The fourth-order valence-corrected chi connectivity index (χ4v) is 1.68. The Hall–Kier alpha value is -2.89. The van der Waals surface area contributed by atoms with Crippen LogP contribution in [0.3, 0.4) is 0 Å². The van der Waals surface area contributed by atoms with Crippen molar-refractivity contribution < 1.29 is 9.66 Å². The van der Waals surface area contributed by atoms with Gasteiger partial charge in [-0.3, -0.25) is 15.5 Å². The molecule has 2 aromatic rings. The van der Waals surface area contributed by atoms with Crippen molar-refractivity contribution in [2.45, 2.75) is 6.61 Å². The summed E-state index contributed by atoms with van der Waals surface area (Å²) in [6.07, 6.45) is 0. The number of nitrogen functional groups attached to an aromatic ring is 1. The van der Waals surface area contributed by atoms with E-state index in [0.717, 1.165) is 0 Å². The molecule has 0 saturated heterocycles. The molecular formula is C14H13N3O3. The second kappa shape index (κ2) is 5.83. The topological polar surface area (TPSA) is 102 Å². The predicted molar refractivity (Wildman–Crippen MR) is 74.9 cm³/mol. The van der Waals surface area contributed by atoms with E-state index in [0.29, 0.717) is 16.9 Å². The first-order chi connectivity index (χ1) is 9.56. The lowest BCUT2D eigenvalue weighted by Crippen LogP contribution is -2.10. The summed E-state index contributed by atoms with van der Waals surface area (Å²) in [5, 5.41) is 18.0. The van der Waals surface area contributed by atoms with Gasteiger partial charge in [0.05, 0.1) is 4.92 Å². The average Bonchev–Trinajstić information content (AvgIpc) is 2.45. The molecule has 0 aliphatic heterocycles. The Morgan fingerprint density at radius 2 is 2.00 bits per heavy atom. The number of nitrogens with two attached hydrogens (primary N) is 1. The third-order valence-electron chi connectivity index (χ3n) is 2.67. The van der Waals surface area contributed by atoms with Gasteiger partial charge in [0.15, 0.2) is 0 Å². The lowest BCUT2D eigenvalue weighted by atomic mass is 10.2. The van der Waals surface area contributed by atoms with Gasteiger partial charge >= 0.3 is 0 Å². The maximum Gasteiger partial charge on any atom is 0.269 e. The standard InChI is InChI=1S/C14H13N3O3/c15-14(16)11-4-2-6-13(8-11)20-9-10-3-1-5-12(7-10)17(18)19/h1-8H,9H2,(H3,15,16).